The van der Waals surface area contributed by atoms with Crippen LogP contribution in [0.1, 0.15) is 12.8 Å². The molecule has 4 atom stereocenters. The zero-order chi connectivity index (χ0) is 8.77. The molecule has 4 heteroatoms. The number of ether oxygens (including phenoxy) is 1. The summed E-state index contributed by atoms with van der Waals surface area (Å²) in [5.74, 6) is 0. The Balaban J connectivity index is 2.11. The summed E-state index contributed by atoms with van der Waals surface area (Å²) in [6.45, 7) is 0. The van der Waals surface area contributed by atoms with E-state index in [0.717, 1.165) is 0 Å². The summed E-state index contributed by atoms with van der Waals surface area (Å²) >= 11 is 0. The van der Waals surface area contributed by atoms with Crippen LogP contribution in [0.15, 0.2) is 12.2 Å². The second kappa shape index (κ2) is 2.53. The molecule has 0 bridgehead atoms. The van der Waals surface area contributed by atoms with E-state index in [0.29, 0.717) is 12.8 Å². The Morgan fingerprint density at radius 2 is 2.00 bits per heavy atom. The monoisotopic (exact) mass is 172 g/mol. The van der Waals surface area contributed by atoms with E-state index in [1.165, 1.54) is 0 Å². The smallest absolute Gasteiger partial charge is 0.182 e. The van der Waals surface area contributed by atoms with Gasteiger partial charge in [-0.1, -0.05) is 12.2 Å². The summed E-state index contributed by atoms with van der Waals surface area (Å²) in [7, 11) is 0. The SMILES string of the molecule is OC1C=CC2(C1)C[C@@H](O)C(O)O2. The average molecular weight is 172 g/mol. The first-order valence-corrected chi connectivity index (χ1v) is 4.03. The van der Waals surface area contributed by atoms with Gasteiger partial charge in [0.25, 0.3) is 0 Å². The molecular weight excluding hydrogens is 160 g/mol. The van der Waals surface area contributed by atoms with Crippen molar-refractivity contribution in [2.45, 2.75) is 36.9 Å². The van der Waals surface area contributed by atoms with Crippen LogP contribution >= 0.6 is 0 Å². The highest BCUT2D eigenvalue weighted by molar-refractivity contribution is 5.16. The van der Waals surface area contributed by atoms with Gasteiger partial charge in [-0.25, -0.2) is 0 Å². The molecule has 1 aliphatic carbocycles. The lowest BCUT2D eigenvalue weighted by molar-refractivity contribution is -0.148. The molecule has 3 N–H and O–H groups in total. The molecule has 68 valence electrons. The molecule has 1 fully saturated rings. The fraction of sp³-hybridized carbons (Fsp3) is 0.750. The van der Waals surface area contributed by atoms with E-state index in [1.54, 1.807) is 12.2 Å². The first-order chi connectivity index (χ1) is 5.61. The molecule has 12 heavy (non-hydrogen) atoms. The number of hydrogen-bond donors (Lipinski definition) is 3. The van der Waals surface area contributed by atoms with Crippen molar-refractivity contribution in [3.05, 3.63) is 12.2 Å². The largest absolute Gasteiger partial charge is 0.389 e. The standard InChI is InChI=1S/C8H12O4/c9-5-1-2-8(3-5)4-6(10)7(11)12-8/h1-2,5-7,9-11H,3-4H2/t5?,6-,7?,8?/m1/s1. The Bertz CT molecular complexity index is 203. The van der Waals surface area contributed by atoms with Gasteiger partial charge >= 0.3 is 0 Å². The predicted octanol–water partition coefficient (Wildman–Crippen LogP) is -0.854. The molecule has 1 saturated heterocycles. The fourth-order valence-corrected chi connectivity index (χ4v) is 1.84. The highest BCUT2D eigenvalue weighted by atomic mass is 16.6. The molecule has 0 aromatic rings. The number of aliphatic hydroxyl groups is 3. The van der Waals surface area contributed by atoms with E-state index in [4.69, 9.17) is 9.84 Å². The van der Waals surface area contributed by atoms with Gasteiger partial charge < -0.3 is 20.1 Å². The third-order valence-electron chi connectivity index (χ3n) is 2.42. The van der Waals surface area contributed by atoms with Crippen LogP contribution in [0.5, 0.6) is 0 Å². The zero-order valence-corrected chi connectivity index (χ0v) is 6.55. The molecule has 1 heterocycles. The molecule has 2 aliphatic rings. The quantitative estimate of drug-likeness (QED) is 0.416. The average Bonchev–Trinajstić information content (AvgIpc) is 2.42. The van der Waals surface area contributed by atoms with Crippen LogP contribution < -0.4 is 0 Å². The van der Waals surface area contributed by atoms with Gasteiger partial charge in [0.1, 0.15) is 6.10 Å². The van der Waals surface area contributed by atoms with E-state index >= 15 is 0 Å². The van der Waals surface area contributed by atoms with Gasteiger partial charge in [0.05, 0.1) is 11.7 Å². The lowest BCUT2D eigenvalue weighted by atomic mass is 9.98. The van der Waals surface area contributed by atoms with Crippen molar-refractivity contribution in [1.82, 2.24) is 0 Å². The molecule has 0 radical (unpaired) electrons. The topological polar surface area (TPSA) is 69.9 Å². The van der Waals surface area contributed by atoms with Gasteiger partial charge in [-0.15, -0.1) is 0 Å². The summed E-state index contributed by atoms with van der Waals surface area (Å²) in [5, 5.41) is 27.5. The maximum Gasteiger partial charge on any atom is 0.182 e. The van der Waals surface area contributed by atoms with Crippen molar-refractivity contribution in [3.8, 4) is 0 Å². The van der Waals surface area contributed by atoms with Gasteiger partial charge in [0.15, 0.2) is 6.29 Å². The molecule has 0 amide bonds. The van der Waals surface area contributed by atoms with E-state index < -0.39 is 24.1 Å². The molecule has 3 unspecified atom stereocenters. The maximum absolute atomic E-state index is 9.22. The molecule has 1 aliphatic heterocycles. The highest BCUT2D eigenvalue weighted by Crippen LogP contribution is 2.38. The molecule has 4 nitrogen and oxygen atoms in total. The van der Waals surface area contributed by atoms with Crippen LogP contribution in [0.3, 0.4) is 0 Å². The van der Waals surface area contributed by atoms with E-state index in [-0.39, 0.29) is 0 Å². The third-order valence-corrected chi connectivity index (χ3v) is 2.42. The molecule has 0 saturated carbocycles. The molecule has 1 spiro atoms. The minimum atomic E-state index is -1.11. The van der Waals surface area contributed by atoms with Crippen molar-refractivity contribution in [2.24, 2.45) is 0 Å². The van der Waals surface area contributed by atoms with Crippen LogP contribution in [0, 0.1) is 0 Å². The Morgan fingerprint density at radius 1 is 1.25 bits per heavy atom. The van der Waals surface area contributed by atoms with Gasteiger partial charge in [0.2, 0.25) is 0 Å². The van der Waals surface area contributed by atoms with Gasteiger partial charge in [0, 0.05) is 12.8 Å². The number of aliphatic hydroxyl groups excluding tert-OH is 3. The van der Waals surface area contributed by atoms with Crippen LogP contribution in [0.25, 0.3) is 0 Å². The van der Waals surface area contributed by atoms with Crippen molar-refractivity contribution in [3.63, 3.8) is 0 Å². The van der Waals surface area contributed by atoms with Crippen LogP contribution in [-0.4, -0.2) is 39.4 Å². The molecular formula is C8H12O4. The second-order valence-corrected chi connectivity index (χ2v) is 3.48. The van der Waals surface area contributed by atoms with Crippen LogP contribution in [0.2, 0.25) is 0 Å². The Hall–Kier alpha value is -0.420. The summed E-state index contributed by atoms with van der Waals surface area (Å²) in [6.07, 6.45) is 1.69. The van der Waals surface area contributed by atoms with Crippen molar-refractivity contribution in [1.29, 1.82) is 0 Å². The Morgan fingerprint density at radius 3 is 2.42 bits per heavy atom. The number of rotatable bonds is 0. The summed E-state index contributed by atoms with van der Waals surface area (Å²) < 4.78 is 5.15. The molecule has 0 aromatic carbocycles. The first-order valence-electron chi connectivity index (χ1n) is 4.03. The third kappa shape index (κ3) is 1.17. The van der Waals surface area contributed by atoms with Crippen LogP contribution in [0.4, 0.5) is 0 Å². The van der Waals surface area contributed by atoms with Gasteiger partial charge in [-0.2, -0.15) is 0 Å². The number of hydrogen-bond acceptors (Lipinski definition) is 4. The van der Waals surface area contributed by atoms with Crippen molar-refractivity contribution >= 4 is 0 Å². The lowest BCUT2D eigenvalue weighted by Gasteiger charge is -2.20. The zero-order valence-electron chi connectivity index (χ0n) is 6.55. The summed E-state index contributed by atoms with van der Waals surface area (Å²) in [6, 6.07) is 0. The maximum atomic E-state index is 9.22. The summed E-state index contributed by atoms with van der Waals surface area (Å²) in [4.78, 5) is 0. The highest BCUT2D eigenvalue weighted by Gasteiger charge is 2.46. The Kier molecular flexibility index (Phi) is 1.73. The minimum absolute atomic E-state index is 0.363. The molecule has 0 aromatic heterocycles. The van der Waals surface area contributed by atoms with E-state index in [9.17, 15) is 10.2 Å². The first kappa shape index (κ1) is 8.19. The fourth-order valence-electron chi connectivity index (χ4n) is 1.84. The van der Waals surface area contributed by atoms with Crippen molar-refractivity contribution in [2.75, 3.05) is 0 Å². The van der Waals surface area contributed by atoms with Gasteiger partial charge in [-0.3, -0.25) is 0 Å². The normalized spacial score (nSPS) is 52.4. The van der Waals surface area contributed by atoms with E-state index in [2.05, 4.69) is 0 Å². The Labute approximate surface area is 70.1 Å². The van der Waals surface area contributed by atoms with E-state index in [1.807, 2.05) is 0 Å². The van der Waals surface area contributed by atoms with Crippen LogP contribution in [-0.2, 0) is 4.74 Å². The van der Waals surface area contributed by atoms with Gasteiger partial charge in [-0.05, 0) is 0 Å². The molecule has 2 rings (SSSR count). The predicted molar refractivity (Wildman–Crippen MR) is 40.2 cm³/mol. The van der Waals surface area contributed by atoms with Crippen molar-refractivity contribution < 1.29 is 20.1 Å². The minimum Gasteiger partial charge on any atom is -0.389 e. The second-order valence-electron chi connectivity index (χ2n) is 3.48. The summed E-state index contributed by atoms with van der Waals surface area (Å²) in [5.41, 5.74) is -0.627. The lowest BCUT2D eigenvalue weighted by Crippen LogP contribution is -2.26.